The minimum Gasteiger partial charge on any atom is -0.234 e. The summed E-state index contributed by atoms with van der Waals surface area (Å²) in [5.74, 6) is -0.113. The minimum absolute atomic E-state index is 0.0348. The van der Waals surface area contributed by atoms with Crippen LogP contribution in [0.15, 0.2) is 6.07 Å². The smallest absolute Gasteiger partial charge is 0.234 e. The van der Waals surface area contributed by atoms with E-state index in [0.717, 1.165) is 0 Å². The fourth-order valence-corrected chi connectivity index (χ4v) is 1.35. The van der Waals surface area contributed by atoms with Gasteiger partial charge in [-0.2, -0.15) is 5.26 Å². The Morgan fingerprint density at radius 3 is 2.64 bits per heavy atom. The van der Waals surface area contributed by atoms with Crippen molar-refractivity contribution in [3.63, 3.8) is 0 Å². The van der Waals surface area contributed by atoms with Crippen molar-refractivity contribution in [1.29, 1.82) is 5.26 Å². The van der Waals surface area contributed by atoms with Crippen LogP contribution in [0.5, 0.6) is 0 Å². The van der Waals surface area contributed by atoms with E-state index in [1.807, 2.05) is 0 Å². The highest BCUT2D eigenvalue weighted by Gasteiger charge is 2.17. The van der Waals surface area contributed by atoms with Gasteiger partial charge in [0.2, 0.25) is 0 Å². The van der Waals surface area contributed by atoms with Gasteiger partial charge in [0.25, 0.3) is 6.43 Å². The number of nitrogens with zero attached hydrogens (tertiary/aromatic N) is 2. The van der Waals surface area contributed by atoms with Crippen molar-refractivity contribution in [1.82, 2.24) is 4.98 Å². The highest BCUT2D eigenvalue weighted by molar-refractivity contribution is 6.31. The molecule has 0 saturated heterocycles. The van der Waals surface area contributed by atoms with E-state index in [4.69, 9.17) is 28.5 Å². The molecule has 0 aliphatic carbocycles. The molecule has 6 heteroatoms. The van der Waals surface area contributed by atoms with Gasteiger partial charge in [-0.15, -0.1) is 11.6 Å². The second-order valence-electron chi connectivity index (χ2n) is 2.41. The summed E-state index contributed by atoms with van der Waals surface area (Å²) in [4.78, 5) is 3.43. The summed E-state index contributed by atoms with van der Waals surface area (Å²) < 4.78 is 24.8. The summed E-state index contributed by atoms with van der Waals surface area (Å²) >= 11 is 11.0. The Labute approximate surface area is 89.1 Å². The Bertz CT molecular complexity index is 388. The minimum atomic E-state index is -2.76. The lowest BCUT2D eigenvalue weighted by atomic mass is 10.2. The van der Waals surface area contributed by atoms with Gasteiger partial charge < -0.3 is 0 Å². The average molecular weight is 237 g/mol. The van der Waals surface area contributed by atoms with Crippen LogP contribution in [0.3, 0.4) is 0 Å². The first-order chi connectivity index (χ1) is 6.60. The fourth-order valence-electron chi connectivity index (χ4n) is 0.915. The summed E-state index contributed by atoms with van der Waals surface area (Å²) in [6, 6.07) is 2.86. The molecule has 0 aliphatic heterocycles. The van der Waals surface area contributed by atoms with Crippen molar-refractivity contribution in [2.75, 3.05) is 0 Å². The van der Waals surface area contributed by atoms with Gasteiger partial charge in [-0.25, -0.2) is 13.8 Å². The molecule has 0 radical (unpaired) electrons. The lowest BCUT2D eigenvalue weighted by Gasteiger charge is -2.06. The van der Waals surface area contributed by atoms with Crippen molar-refractivity contribution in [2.45, 2.75) is 12.3 Å². The number of nitriles is 1. The van der Waals surface area contributed by atoms with E-state index >= 15 is 0 Å². The molecular weight excluding hydrogens is 233 g/mol. The van der Waals surface area contributed by atoms with E-state index in [0.29, 0.717) is 0 Å². The van der Waals surface area contributed by atoms with E-state index in [9.17, 15) is 8.78 Å². The number of alkyl halides is 3. The molecule has 1 heterocycles. The maximum atomic E-state index is 12.4. The second kappa shape index (κ2) is 4.54. The van der Waals surface area contributed by atoms with Crippen LogP contribution in [0.2, 0.25) is 5.02 Å². The van der Waals surface area contributed by atoms with Gasteiger partial charge >= 0.3 is 0 Å². The van der Waals surface area contributed by atoms with Gasteiger partial charge in [0.1, 0.15) is 11.8 Å². The van der Waals surface area contributed by atoms with Crippen LogP contribution >= 0.6 is 23.2 Å². The van der Waals surface area contributed by atoms with Crippen molar-refractivity contribution >= 4 is 23.2 Å². The first kappa shape index (κ1) is 11.2. The molecule has 14 heavy (non-hydrogen) atoms. The molecule has 0 aliphatic rings. The Kier molecular flexibility index (Phi) is 3.62. The lowest BCUT2D eigenvalue weighted by molar-refractivity contribution is 0.145. The molecule has 74 valence electrons. The SMILES string of the molecule is N#Cc1nc(C(F)F)c(CCl)cc1Cl. The normalized spacial score (nSPS) is 10.3. The van der Waals surface area contributed by atoms with Crippen LogP contribution in [0.4, 0.5) is 8.78 Å². The summed E-state index contributed by atoms with van der Waals surface area (Å²) in [7, 11) is 0. The number of hydrogen-bond acceptors (Lipinski definition) is 2. The zero-order valence-corrected chi connectivity index (χ0v) is 8.28. The van der Waals surface area contributed by atoms with Crippen LogP contribution in [0, 0.1) is 11.3 Å². The lowest BCUT2D eigenvalue weighted by Crippen LogP contribution is -1.99. The molecule has 0 spiro atoms. The maximum absolute atomic E-state index is 12.4. The molecular formula is C8H4Cl2F2N2. The predicted octanol–water partition coefficient (Wildman–Crippen LogP) is 3.28. The third-order valence-electron chi connectivity index (χ3n) is 1.55. The topological polar surface area (TPSA) is 36.7 Å². The molecule has 1 rings (SSSR count). The van der Waals surface area contributed by atoms with E-state index in [1.54, 1.807) is 6.07 Å². The third kappa shape index (κ3) is 2.11. The molecule has 1 aromatic rings. The Morgan fingerprint density at radius 1 is 1.57 bits per heavy atom. The largest absolute Gasteiger partial charge is 0.280 e. The van der Waals surface area contributed by atoms with Gasteiger partial charge in [0, 0.05) is 5.88 Å². The maximum Gasteiger partial charge on any atom is 0.280 e. The van der Waals surface area contributed by atoms with E-state index < -0.39 is 12.1 Å². The molecule has 0 atom stereocenters. The first-order valence-corrected chi connectivity index (χ1v) is 4.45. The van der Waals surface area contributed by atoms with Crippen molar-refractivity contribution in [3.8, 4) is 6.07 Å². The van der Waals surface area contributed by atoms with Crippen LogP contribution in [-0.4, -0.2) is 4.98 Å². The summed E-state index contributed by atoms with van der Waals surface area (Å²) in [6.45, 7) is 0. The standard InChI is InChI=1S/C8H4Cl2F2N2/c9-2-4-1-5(10)6(3-13)14-7(4)8(11)12/h1,8H,2H2. The van der Waals surface area contributed by atoms with Crippen molar-refractivity contribution in [3.05, 3.63) is 28.0 Å². The van der Waals surface area contributed by atoms with E-state index in [2.05, 4.69) is 4.98 Å². The van der Waals surface area contributed by atoms with E-state index in [-0.39, 0.29) is 22.2 Å². The van der Waals surface area contributed by atoms with Crippen molar-refractivity contribution < 1.29 is 8.78 Å². The first-order valence-electron chi connectivity index (χ1n) is 3.53. The number of rotatable bonds is 2. The number of hydrogen-bond donors (Lipinski definition) is 0. The monoisotopic (exact) mass is 236 g/mol. The average Bonchev–Trinajstić information content (AvgIpc) is 2.16. The Morgan fingerprint density at radius 2 is 2.21 bits per heavy atom. The molecule has 0 N–H and O–H groups in total. The molecule has 2 nitrogen and oxygen atoms in total. The molecule has 1 aromatic heterocycles. The highest BCUT2D eigenvalue weighted by atomic mass is 35.5. The molecule has 0 saturated carbocycles. The van der Waals surface area contributed by atoms with E-state index in [1.165, 1.54) is 6.07 Å². The van der Waals surface area contributed by atoms with Gasteiger partial charge in [-0.1, -0.05) is 11.6 Å². The van der Waals surface area contributed by atoms with Crippen LogP contribution in [0.1, 0.15) is 23.4 Å². The van der Waals surface area contributed by atoms with Crippen LogP contribution < -0.4 is 0 Å². The quantitative estimate of drug-likeness (QED) is 0.740. The number of pyridine rings is 1. The Hall–Kier alpha value is -0.920. The number of aromatic nitrogens is 1. The van der Waals surface area contributed by atoms with Crippen LogP contribution in [0.25, 0.3) is 0 Å². The van der Waals surface area contributed by atoms with Gasteiger partial charge in [0.15, 0.2) is 5.69 Å². The molecule has 0 bridgehead atoms. The summed E-state index contributed by atoms with van der Waals surface area (Å²) in [6.07, 6.45) is -2.76. The molecule has 0 unspecified atom stereocenters. The molecule has 0 amide bonds. The Balaban J connectivity index is 3.34. The summed E-state index contributed by atoms with van der Waals surface area (Å²) in [5, 5.41) is 8.55. The van der Waals surface area contributed by atoms with Gasteiger partial charge in [-0.3, -0.25) is 0 Å². The second-order valence-corrected chi connectivity index (χ2v) is 3.08. The predicted molar refractivity (Wildman–Crippen MR) is 48.5 cm³/mol. The zero-order chi connectivity index (χ0) is 10.7. The number of halogens is 4. The fraction of sp³-hybridized carbons (Fsp3) is 0.250. The highest BCUT2D eigenvalue weighted by Crippen LogP contribution is 2.26. The molecule has 0 fully saturated rings. The van der Waals surface area contributed by atoms with Gasteiger partial charge in [0.05, 0.1) is 5.02 Å². The third-order valence-corrected chi connectivity index (χ3v) is 2.12. The van der Waals surface area contributed by atoms with Crippen LogP contribution in [-0.2, 0) is 5.88 Å². The molecule has 0 aromatic carbocycles. The zero-order valence-electron chi connectivity index (χ0n) is 6.77. The van der Waals surface area contributed by atoms with Gasteiger partial charge in [-0.05, 0) is 11.6 Å². The van der Waals surface area contributed by atoms with Crippen molar-refractivity contribution in [2.24, 2.45) is 0 Å². The summed E-state index contributed by atoms with van der Waals surface area (Å²) in [5.41, 5.74) is -0.553.